The van der Waals surface area contributed by atoms with Crippen LogP contribution in [0.3, 0.4) is 0 Å². The Morgan fingerprint density at radius 1 is 1.29 bits per heavy atom. The van der Waals surface area contributed by atoms with Gasteiger partial charge in [-0.3, -0.25) is 0 Å². The number of hydrogen-bond acceptors (Lipinski definition) is 5. The highest BCUT2D eigenvalue weighted by Crippen LogP contribution is 2.18. The Labute approximate surface area is 131 Å². The third-order valence-corrected chi connectivity index (χ3v) is 4.88. The van der Waals surface area contributed by atoms with E-state index in [9.17, 15) is 0 Å². The lowest BCUT2D eigenvalue weighted by Crippen LogP contribution is -2.37. The van der Waals surface area contributed by atoms with Crippen molar-refractivity contribution in [2.45, 2.75) is 30.2 Å². The zero-order valence-electron chi connectivity index (χ0n) is 12.7. The Morgan fingerprint density at radius 3 is 2.67 bits per heavy atom. The predicted molar refractivity (Wildman–Crippen MR) is 89.9 cm³/mol. The number of nitrogens with zero attached hydrogens (tertiary/aromatic N) is 2. The molecule has 21 heavy (non-hydrogen) atoms. The van der Waals surface area contributed by atoms with Gasteiger partial charge in [0.05, 0.1) is 5.71 Å². The summed E-state index contributed by atoms with van der Waals surface area (Å²) in [5, 5.41) is 4.04. The second-order valence-corrected chi connectivity index (χ2v) is 6.45. The molecule has 0 amide bonds. The summed E-state index contributed by atoms with van der Waals surface area (Å²) < 4.78 is 0. The van der Waals surface area contributed by atoms with E-state index < -0.39 is 0 Å². The second kappa shape index (κ2) is 9.07. The molecule has 0 aliphatic carbocycles. The van der Waals surface area contributed by atoms with Crippen molar-refractivity contribution in [1.82, 2.24) is 4.90 Å². The Morgan fingerprint density at radius 2 is 2.00 bits per heavy atom. The maximum Gasteiger partial charge on any atom is 0.106 e. The molecule has 0 unspecified atom stereocenters. The molecule has 0 radical (unpaired) electrons. The van der Waals surface area contributed by atoms with Crippen LogP contribution in [-0.2, 0) is 4.84 Å². The molecule has 1 aliphatic heterocycles. The van der Waals surface area contributed by atoms with Gasteiger partial charge in [-0.15, -0.1) is 11.8 Å². The van der Waals surface area contributed by atoms with Gasteiger partial charge in [0.1, 0.15) is 7.11 Å². The van der Waals surface area contributed by atoms with Gasteiger partial charge in [-0.05, 0) is 25.1 Å². The minimum Gasteiger partial charge on any atom is -0.399 e. The molecule has 1 aromatic carbocycles. The van der Waals surface area contributed by atoms with E-state index in [4.69, 9.17) is 10.6 Å². The molecule has 0 aromatic heterocycles. The van der Waals surface area contributed by atoms with Crippen LogP contribution in [0.25, 0.3) is 0 Å². The Balaban J connectivity index is 1.61. The maximum atomic E-state index is 6.22. The number of oxime groups is 1. The average molecular weight is 307 g/mol. The summed E-state index contributed by atoms with van der Waals surface area (Å²) in [6, 6.07) is 10.7. The van der Waals surface area contributed by atoms with Gasteiger partial charge >= 0.3 is 0 Å². The molecule has 1 aromatic rings. The van der Waals surface area contributed by atoms with E-state index in [1.807, 2.05) is 17.8 Å². The molecule has 4 nitrogen and oxygen atoms in total. The van der Waals surface area contributed by atoms with E-state index in [0.29, 0.717) is 0 Å². The number of likely N-dealkylation sites (tertiary alicyclic amines) is 1. The second-order valence-electron chi connectivity index (χ2n) is 5.35. The van der Waals surface area contributed by atoms with Gasteiger partial charge < -0.3 is 15.5 Å². The number of nitrogens with two attached hydrogens (primary N) is 1. The van der Waals surface area contributed by atoms with E-state index >= 15 is 0 Å². The van der Waals surface area contributed by atoms with Crippen molar-refractivity contribution in [3.8, 4) is 0 Å². The van der Waals surface area contributed by atoms with Crippen LogP contribution in [-0.4, -0.2) is 49.2 Å². The highest BCUT2D eigenvalue weighted by molar-refractivity contribution is 7.99. The first-order valence-corrected chi connectivity index (χ1v) is 8.51. The van der Waals surface area contributed by atoms with Crippen LogP contribution >= 0.6 is 11.8 Å². The van der Waals surface area contributed by atoms with Crippen LogP contribution in [0.5, 0.6) is 0 Å². The summed E-state index contributed by atoms with van der Waals surface area (Å²) in [6.45, 7) is 3.22. The molecule has 1 saturated heterocycles. The topological polar surface area (TPSA) is 50.8 Å². The Kier molecular flexibility index (Phi) is 7.06. The normalized spacial score (nSPS) is 17.5. The van der Waals surface area contributed by atoms with Crippen LogP contribution in [0, 0.1) is 0 Å². The fraction of sp³-hybridized carbons (Fsp3) is 0.562. The summed E-state index contributed by atoms with van der Waals surface area (Å²) >= 11 is 1.84. The van der Waals surface area contributed by atoms with Crippen molar-refractivity contribution in [1.29, 1.82) is 0 Å². The first-order valence-electron chi connectivity index (χ1n) is 7.52. The highest BCUT2D eigenvalue weighted by atomic mass is 32.2. The molecular weight excluding hydrogens is 282 g/mol. The average Bonchev–Trinajstić information content (AvgIpc) is 2.53. The number of thioether (sulfide) groups is 1. The molecule has 2 N–H and O–H groups in total. The zero-order valence-corrected chi connectivity index (χ0v) is 13.5. The van der Waals surface area contributed by atoms with Gasteiger partial charge in [0.15, 0.2) is 0 Å². The fourth-order valence-corrected chi connectivity index (χ4v) is 3.33. The van der Waals surface area contributed by atoms with Crippen molar-refractivity contribution in [3.05, 3.63) is 30.3 Å². The molecule has 0 bridgehead atoms. The minimum atomic E-state index is 0.254. The smallest absolute Gasteiger partial charge is 0.106 e. The van der Waals surface area contributed by atoms with Gasteiger partial charge in [-0.25, -0.2) is 0 Å². The third kappa shape index (κ3) is 6.08. The molecule has 1 atom stereocenters. The molecule has 2 rings (SSSR count). The summed E-state index contributed by atoms with van der Waals surface area (Å²) in [7, 11) is 1.61. The Hall–Kier alpha value is -1.04. The first-order chi connectivity index (χ1) is 10.3. The molecular formula is C16H25N3OS. The van der Waals surface area contributed by atoms with Crippen LogP contribution in [0.2, 0.25) is 0 Å². The standard InChI is InChI=1S/C16H25N3OS/c1-20-18-15-8-11-19(12-9-15)10-7-14(17)13-21-16-5-3-2-4-6-16/h2-6,14H,7-13,17H2,1H3/t14-/m1/s1. The monoisotopic (exact) mass is 307 g/mol. The molecule has 5 heteroatoms. The molecule has 0 spiro atoms. The van der Waals surface area contributed by atoms with Crippen molar-refractivity contribution < 1.29 is 4.84 Å². The van der Waals surface area contributed by atoms with Gasteiger partial charge in [0.25, 0.3) is 0 Å². The van der Waals surface area contributed by atoms with Crippen molar-refractivity contribution in [3.63, 3.8) is 0 Å². The largest absolute Gasteiger partial charge is 0.399 e. The van der Waals surface area contributed by atoms with Gasteiger partial charge in [0, 0.05) is 42.6 Å². The van der Waals surface area contributed by atoms with Gasteiger partial charge in [0.2, 0.25) is 0 Å². The van der Waals surface area contributed by atoms with E-state index in [1.54, 1.807) is 7.11 Å². The lowest BCUT2D eigenvalue weighted by molar-refractivity contribution is 0.204. The summed E-state index contributed by atoms with van der Waals surface area (Å²) in [5.41, 5.74) is 7.40. The molecule has 0 saturated carbocycles. The van der Waals surface area contributed by atoms with Crippen molar-refractivity contribution in [2.24, 2.45) is 10.9 Å². The van der Waals surface area contributed by atoms with Crippen LogP contribution < -0.4 is 5.73 Å². The highest BCUT2D eigenvalue weighted by Gasteiger charge is 2.16. The molecule has 1 fully saturated rings. The fourth-order valence-electron chi connectivity index (χ4n) is 2.41. The van der Waals surface area contributed by atoms with Crippen molar-refractivity contribution in [2.75, 3.05) is 32.5 Å². The van der Waals surface area contributed by atoms with E-state index in [-0.39, 0.29) is 6.04 Å². The van der Waals surface area contributed by atoms with E-state index in [1.165, 1.54) is 10.6 Å². The van der Waals surface area contributed by atoms with Crippen LogP contribution in [0.1, 0.15) is 19.3 Å². The van der Waals surface area contributed by atoms with E-state index in [0.717, 1.165) is 44.6 Å². The third-order valence-electron chi connectivity index (χ3n) is 3.68. The molecule has 1 aliphatic rings. The van der Waals surface area contributed by atoms with E-state index in [2.05, 4.69) is 34.3 Å². The Bertz CT molecular complexity index is 428. The number of rotatable bonds is 7. The summed E-state index contributed by atoms with van der Waals surface area (Å²) in [5.74, 6) is 0.980. The molecule has 116 valence electrons. The summed E-state index contributed by atoms with van der Waals surface area (Å²) in [4.78, 5) is 8.61. The quantitative estimate of drug-likeness (QED) is 0.621. The predicted octanol–water partition coefficient (Wildman–Crippen LogP) is 2.59. The van der Waals surface area contributed by atoms with Crippen LogP contribution in [0.15, 0.2) is 40.4 Å². The zero-order chi connectivity index (χ0) is 14.9. The SMILES string of the molecule is CON=C1CCN(CC[C@@H](N)CSc2ccccc2)CC1. The first kappa shape index (κ1) is 16.3. The lowest BCUT2D eigenvalue weighted by Gasteiger charge is -2.28. The minimum absolute atomic E-state index is 0.254. The number of hydrogen-bond donors (Lipinski definition) is 1. The number of piperidine rings is 1. The van der Waals surface area contributed by atoms with Crippen molar-refractivity contribution >= 4 is 17.5 Å². The van der Waals surface area contributed by atoms with Crippen LogP contribution in [0.4, 0.5) is 0 Å². The van der Waals surface area contributed by atoms with Gasteiger partial charge in [-0.2, -0.15) is 0 Å². The number of benzene rings is 1. The van der Waals surface area contributed by atoms with Gasteiger partial charge in [-0.1, -0.05) is 23.4 Å². The summed E-state index contributed by atoms with van der Waals surface area (Å²) in [6.07, 6.45) is 3.08. The lowest BCUT2D eigenvalue weighted by atomic mass is 10.1. The maximum absolute atomic E-state index is 6.22. The molecule has 1 heterocycles.